The first-order chi connectivity index (χ1) is 18.2. The molecule has 0 unspecified atom stereocenters. The number of hydrogen-bond donors (Lipinski definition) is 4. The Morgan fingerprint density at radius 3 is 2.46 bits per heavy atom. The summed E-state index contributed by atoms with van der Waals surface area (Å²) in [7, 11) is 1.69. The largest absolute Gasteiger partial charge is 0.454 e. The quantitative estimate of drug-likeness (QED) is 0.328. The van der Waals surface area contributed by atoms with Gasteiger partial charge in [-0.2, -0.15) is 0 Å². The van der Waals surface area contributed by atoms with Crippen molar-refractivity contribution in [3.63, 3.8) is 0 Å². The smallest absolute Gasteiger partial charge is 0.340 e. The average molecular weight is 540 g/mol. The maximum absolute atomic E-state index is 13.6. The molecule has 0 aromatic heterocycles. The fraction of sp³-hybridized carbons (Fsp3) is 0.567. The van der Waals surface area contributed by atoms with Gasteiger partial charge in [-0.1, -0.05) is 39.0 Å². The van der Waals surface area contributed by atoms with E-state index in [9.17, 15) is 29.7 Å². The maximum atomic E-state index is 13.6. The molecule has 4 aliphatic rings. The van der Waals surface area contributed by atoms with Crippen LogP contribution in [0.25, 0.3) is 0 Å². The highest BCUT2D eigenvalue weighted by atomic mass is 16.6. The summed E-state index contributed by atoms with van der Waals surface area (Å²) in [6, 6.07) is 6.86. The molecule has 210 valence electrons. The zero-order chi connectivity index (χ0) is 28.7. The minimum Gasteiger partial charge on any atom is -0.454 e. The van der Waals surface area contributed by atoms with Crippen molar-refractivity contribution < 1.29 is 39.2 Å². The van der Waals surface area contributed by atoms with Crippen molar-refractivity contribution >= 4 is 23.4 Å². The molecule has 39 heavy (non-hydrogen) atoms. The zero-order valence-corrected chi connectivity index (χ0v) is 23.1. The van der Waals surface area contributed by atoms with Crippen LogP contribution in [0, 0.1) is 29.1 Å². The van der Waals surface area contributed by atoms with E-state index in [0.717, 1.165) is 0 Å². The van der Waals surface area contributed by atoms with Gasteiger partial charge in [-0.25, -0.2) is 4.79 Å². The van der Waals surface area contributed by atoms with Crippen LogP contribution < -0.4 is 5.32 Å². The predicted molar refractivity (Wildman–Crippen MR) is 142 cm³/mol. The normalized spacial score (nSPS) is 39.7. The van der Waals surface area contributed by atoms with Crippen LogP contribution in [0.2, 0.25) is 0 Å². The van der Waals surface area contributed by atoms with Gasteiger partial charge in [0, 0.05) is 48.7 Å². The van der Waals surface area contributed by atoms with Crippen LogP contribution in [0.4, 0.5) is 5.69 Å². The summed E-state index contributed by atoms with van der Waals surface area (Å²) in [5.74, 6) is -4.44. The van der Waals surface area contributed by atoms with E-state index in [2.05, 4.69) is 5.32 Å². The molecule has 0 aliphatic heterocycles. The second kappa shape index (κ2) is 8.74. The number of hydrogen-bond acceptors (Lipinski definition) is 9. The number of ketones is 1. The van der Waals surface area contributed by atoms with Crippen molar-refractivity contribution in [3.8, 4) is 0 Å². The number of anilines is 1. The monoisotopic (exact) mass is 539 g/mol. The van der Waals surface area contributed by atoms with Gasteiger partial charge < -0.3 is 30.1 Å². The van der Waals surface area contributed by atoms with Crippen LogP contribution in [0.15, 0.2) is 47.6 Å². The first kappa shape index (κ1) is 27.6. The number of aliphatic hydroxyl groups excluding tert-OH is 1. The predicted octanol–water partition coefficient (Wildman–Crippen LogP) is 2.41. The van der Waals surface area contributed by atoms with Gasteiger partial charge >= 0.3 is 11.9 Å². The van der Waals surface area contributed by atoms with Crippen LogP contribution in [0.3, 0.4) is 0 Å². The summed E-state index contributed by atoms with van der Waals surface area (Å²) < 4.78 is 12.2. The fourth-order valence-corrected chi connectivity index (χ4v) is 7.85. The summed E-state index contributed by atoms with van der Waals surface area (Å²) in [4.78, 5) is 39.3. The van der Waals surface area contributed by atoms with Gasteiger partial charge in [0.2, 0.25) is 0 Å². The number of para-hydroxylation sites is 1. The van der Waals surface area contributed by atoms with E-state index in [1.165, 1.54) is 13.0 Å². The van der Waals surface area contributed by atoms with Gasteiger partial charge in [0.15, 0.2) is 11.4 Å². The lowest BCUT2D eigenvalue weighted by Gasteiger charge is -2.50. The Morgan fingerprint density at radius 1 is 1.18 bits per heavy atom. The van der Waals surface area contributed by atoms with Crippen molar-refractivity contribution in [2.45, 2.75) is 63.9 Å². The number of nitrogens with one attached hydrogen (secondary N) is 1. The van der Waals surface area contributed by atoms with E-state index in [1.807, 2.05) is 13.8 Å². The van der Waals surface area contributed by atoms with Crippen molar-refractivity contribution in [2.24, 2.45) is 29.1 Å². The van der Waals surface area contributed by atoms with Crippen molar-refractivity contribution in [1.82, 2.24) is 0 Å². The number of benzene rings is 1. The molecule has 0 heterocycles. The third-order valence-electron chi connectivity index (χ3n) is 9.75. The van der Waals surface area contributed by atoms with Gasteiger partial charge in [0.25, 0.3) is 0 Å². The van der Waals surface area contributed by atoms with Gasteiger partial charge in [-0.15, -0.1) is 0 Å². The second-order valence-corrected chi connectivity index (χ2v) is 12.2. The van der Waals surface area contributed by atoms with Gasteiger partial charge in [0.1, 0.15) is 11.7 Å². The van der Waals surface area contributed by atoms with E-state index in [1.54, 1.807) is 51.2 Å². The maximum Gasteiger partial charge on any atom is 0.340 e. The molecule has 0 bridgehead atoms. The Balaban J connectivity index is 1.70. The first-order valence-corrected chi connectivity index (χ1v) is 13.4. The first-order valence-electron chi connectivity index (χ1n) is 13.4. The highest BCUT2D eigenvalue weighted by Crippen LogP contribution is 2.76. The SMILES string of the molecule is CNc1ccccc1C(=O)O[C@@H]1[C@@H](C)[C@@]2(O)C(=C[C@](O)(CO)C[C@@H]3C(=O)C(C)=C[C@H]32)[C@@H]2C(C)(C)[C@]12OC(C)=O. The van der Waals surface area contributed by atoms with Gasteiger partial charge in [0.05, 0.1) is 17.8 Å². The Morgan fingerprint density at radius 2 is 1.85 bits per heavy atom. The topological polar surface area (TPSA) is 142 Å². The molecule has 0 saturated heterocycles. The Labute approximate surface area is 227 Å². The molecule has 2 fully saturated rings. The van der Waals surface area contributed by atoms with Crippen LogP contribution in [-0.2, 0) is 19.1 Å². The highest BCUT2D eigenvalue weighted by Gasteiger charge is 2.86. The number of esters is 2. The highest BCUT2D eigenvalue weighted by molar-refractivity contribution is 6.00. The molecular formula is C30H37NO8. The molecule has 9 nitrogen and oxygen atoms in total. The molecule has 4 N–H and O–H groups in total. The van der Waals surface area contributed by atoms with Crippen molar-refractivity contribution in [2.75, 3.05) is 19.0 Å². The van der Waals surface area contributed by atoms with E-state index < -0.39 is 70.5 Å². The minimum atomic E-state index is -1.77. The number of carbonyl (C=O) groups excluding carboxylic acids is 3. The molecule has 0 amide bonds. The number of rotatable bonds is 5. The molecule has 9 heteroatoms. The van der Waals surface area contributed by atoms with Crippen molar-refractivity contribution in [3.05, 3.63) is 53.1 Å². The van der Waals surface area contributed by atoms with Crippen LogP contribution in [0.1, 0.15) is 51.4 Å². The molecule has 2 saturated carbocycles. The third-order valence-corrected chi connectivity index (χ3v) is 9.75. The summed E-state index contributed by atoms with van der Waals surface area (Å²) in [6.45, 7) is 7.75. The summed E-state index contributed by atoms with van der Waals surface area (Å²) in [5, 5.41) is 37.3. The number of fused-ring (bicyclic) bond motifs is 5. The molecule has 0 spiro atoms. The molecule has 1 aromatic carbocycles. The molecule has 4 aliphatic carbocycles. The minimum absolute atomic E-state index is 0.0763. The van der Waals surface area contributed by atoms with E-state index in [0.29, 0.717) is 16.8 Å². The molecule has 5 rings (SSSR count). The average Bonchev–Trinajstić information content (AvgIpc) is 3.27. The Bertz CT molecular complexity index is 1320. The van der Waals surface area contributed by atoms with E-state index >= 15 is 0 Å². The standard InChI is InChI=1S/C30H37NO8/c1-15-11-20-19(23(15)34)12-28(36,14-32)13-21-24-27(4,5)30(24,39-17(3)33)25(16(2)29(20,21)37)38-26(35)18-9-7-8-10-22(18)31-6/h7-11,13,16,19-20,24-25,31-32,36-37H,12,14H2,1-6H3/t16-,19+,20-,24-,25-,28+,29+,30-/m1/s1. The zero-order valence-electron chi connectivity index (χ0n) is 23.1. The number of carbonyl (C=O) groups is 3. The molecular weight excluding hydrogens is 502 g/mol. The van der Waals surface area contributed by atoms with E-state index in [4.69, 9.17) is 9.47 Å². The lowest BCUT2D eigenvalue weighted by molar-refractivity contribution is -0.183. The van der Waals surface area contributed by atoms with Gasteiger partial charge in [-0.3, -0.25) is 9.59 Å². The van der Waals surface area contributed by atoms with Crippen LogP contribution >= 0.6 is 0 Å². The molecule has 1 aromatic rings. The molecule has 8 atom stereocenters. The summed E-state index contributed by atoms with van der Waals surface area (Å²) in [6.07, 6.45) is 2.03. The van der Waals surface area contributed by atoms with Crippen LogP contribution in [-0.4, -0.2) is 69.6 Å². The number of allylic oxidation sites excluding steroid dienone is 1. The summed E-state index contributed by atoms with van der Waals surface area (Å²) in [5.41, 5.74) is -3.94. The Hall–Kier alpha value is -3.01. The Kier molecular flexibility index (Phi) is 6.18. The summed E-state index contributed by atoms with van der Waals surface area (Å²) >= 11 is 0. The lowest BCUT2D eigenvalue weighted by Crippen LogP contribution is -2.61. The molecule has 0 radical (unpaired) electrons. The fourth-order valence-electron chi connectivity index (χ4n) is 7.85. The lowest BCUT2D eigenvalue weighted by atomic mass is 9.62. The van der Waals surface area contributed by atoms with Gasteiger partial charge in [-0.05, 0) is 42.7 Å². The van der Waals surface area contributed by atoms with E-state index in [-0.39, 0.29) is 17.8 Å². The third kappa shape index (κ3) is 3.59. The van der Waals surface area contributed by atoms with Crippen LogP contribution in [0.5, 0.6) is 0 Å². The number of aliphatic hydroxyl groups is 3. The number of Topliss-reactive ketones (excluding diaryl/α,β-unsaturated/α-hetero) is 1. The number of ether oxygens (including phenoxy) is 2. The second-order valence-electron chi connectivity index (χ2n) is 12.2. The van der Waals surface area contributed by atoms with Crippen molar-refractivity contribution in [1.29, 1.82) is 0 Å².